The van der Waals surface area contributed by atoms with Gasteiger partial charge in [-0.1, -0.05) is 0 Å². The van der Waals surface area contributed by atoms with Gasteiger partial charge in [-0.3, -0.25) is 9.69 Å². The highest BCUT2D eigenvalue weighted by molar-refractivity contribution is 5.95. The molecule has 2 aliphatic rings. The lowest BCUT2D eigenvalue weighted by Gasteiger charge is -2.42. The Morgan fingerprint density at radius 3 is 2.67 bits per heavy atom. The van der Waals surface area contributed by atoms with Crippen molar-refractivity contribution < 1.29 is 13.9 Å². The maximum atomic E-state index is 13.2. The van der Waals surface area contributed by atoms with Crippen molar-refractivity contribution >= 4 is 11.6 Å². The van der Waals surface area contributed by atoms with Gasteiger partial charge in [0.15, 0.2) is 0 Å². The first-order valence-corrected chi connectivity index (χ1v) is 9.30. The molecule has 2 aromatic rings. The van der Waals surface area contributed by atoms with Crippen LogP contribution in [0, 0.1) is 5.82 Å². The molecule has 4 rings (SSSR count). The van der Waals surface area contributed by atoms with E-state index in [1.54, 1.807) is 17.0 Å². The average molecular weight is 370 g/mol. The van der Waals surface area contributed by atoms with Crippen LogP contribution in [0.15, 0.2) is 43.0 Å². The standard InChI is InChI=1S/C20H23FN4O2/c21-17-2-4-18(5-3-17)25-14-20(27-13-19(25)26)6-1-8-24(9-7-20)12-16-10-22-15-23-11-16/h2-5,10-11,15H,1,6-9,12-14H2. The number of hydrogen-bond acceptors (Lipinski definition) is 5. The van der Waals surface area contributed by atoms with Gasteiger partial charge in [-0.15, -0.1) is 0 Å². The van der Waals surface area contributed by atoms with Gasteiger partial charge >= 0.3 is 0 Å². The van der Waals surface area contributed by atoms with Gasteiger partial charge in [-0.05, 0) is 50.1 Å². The minimum Gasteiger partial charge on any atom is -0.363 e. The van der Waals surface area contributed by atoms with Crippen molar-refractivity contribution in [2.75, 3.05) is 31.1 Å². The lowest BCUT2D eigenvalue weighted by Crippen LogP contribution is -2.55. The predicted molar refractivity (Wildman–Crippen MR) is 98.6 cm³/mol. The molecule has 0 saturated carbocycles. The van der Waals surface area contributed by atoms with E-state index in [2.05, 4.69) is 14.9 Å². The van der Waals surface area contributed by atoms with E-state index in [1.165, 1.54) is 18.5 Å². The molecule has 2 saturated heterocycles. The van der Waals surface area contributed by atoms with Crippen LogP contribution in [0.25, 0.3) is 0 Å². The Morgan fingerprint density at radius 1 is 1.11 bits per heavy atom. The molecule has 1 atom stereocenters. The molecule has 0 aliphatic carbocycles. The number of likely N-dealkylation sites (tertiary alicyclic amines) is 1. The second kappa shape index (κ2) is 7.70. The third-order valence-corrected chi connectivity index (χ3v) is 5.40. The quantitative estimate of drug-likeness (QED) is 0.830. The van der Waals surface area contributed by atoms with E-state index in [-0.39, 0.29) is 23.9 Å². The van der Waals surface area contributed by atoms with Crippen molar-refractivity contribution in [3.8, 4) is 0 Å². The van der Waals surface area contributed by atoms with Crippen LogP contribution in [-0.4, -0.2) is 52.6 Å². The topological polar surface area (TPSA) is 58.6 Å². The third kappa shape index (κ3) is 4.14. The average Bonchev–Trinajstić information content (AvgIpc) is 2.88. The number of anilines is 1. The second-order valence-corrected chi connectivity index (χ2v) is 7.30. The Balaban J connectivity index is 1.45. The first-order chi connectivity index (χ1) is 13.1. The molecule has 1 amide bonds. The summed E-state index contributed by atoms with van der Waals surface area (Å²) in [4.78, 5) is 24.7. The van der Waals surface area contributed by atoms with Crippen molar-refractivity contribution in [1.82, 2.24) is 14.9 Å². The van der Waals surface area contributed by atoms with E-state index < -0.39 is 0 Å². The highest BCUT2D eigenvalue weighted by atomic mass is 19.1. The molecule has 6 nitrogen and oxygen atoms in total. The van der Waals surface area contributed by atoms with E-state index in [0.717, 1.165) is 50.1 Å². The summed E-state index contributed by atoms with van der Waals surface area (Å²) in [5.41, 5.74) is 1.48. The van der Waals surface area contributed by atoms with Gasteiger partial charge in [0, 0.05) is 36.7 Å². The molecule has 2 fully saturated rings. The van der Waals surface area contributed by atoms with Crippen molar-refractivity contribution in [2.45, 2.75) is 31.4 Å². The summed E-state index contributed by atoms with van der Waals surface area (Å²) in [6.07, 6.45) is 7.99. The molecule has 0 N–H and O–H groups in total. The number of rotatable bonds is 3. The zero-order valence-electron chi connectivity index (χ0n) is 15.2. The van der Waals surface area contributed by atoms with Crippen LogP contribution in [-0.2, 0) is 16.1 Å². The molecule has 1 aromatic carbocycles. The maximum absolute atomic E-state index is 13.2. The molecular weight excluding hydrogens is 347 g/mol. The van der Waals surface area contributed by atoms with E-state index in [0.29, 0.717) is 6.54 Å². The number of aromatic nitrogens is 2. The summed E-state index contributed by atoms with van der Waals surface area (Å²) >= 11 is 0. The van der Waals surface area contributed by atoms with E-state index >= 15 is 0 Å². The molecule has 1 unspecified atom stereocenters. The van der Waals surface area contributed by atoms with Gasteiger partial charge in [0.25, 0.3) is 5.91 Å². The van der Waals surface area contributed by atoms with Gasteiger partial charge < -0.3 is 9.64 Å². The summed E-state index contributed by atoms with van der Waals surface area (Å²) in [6.45, 7) is 3.27. The summed E-state index contributed by atoms with van der Waals surface area (Å²) in [5, 5.41) is 0. The summed E-state index contributed by atoms with van der Waals surface area (Å²) in [5.74, 6) is -0.376. The van der Waals surface area contributed by atoms with Crippen molar-refractivity contribution in [2.24, 2.45) is 0 Å². The van der Waals surface area contributed by atoms with E-state index in [1.807, 2.05) is 12.4 Å². The summed E-state index contributed by atoms with van der Waals surface area (Å²) in [6, 6.07) is 6.10. The second-order valence-electron chi connectivity index (χ2n) is 7.30. The van der Waals surface area contributed by atoms with Gasteiger partial charge in [-0.2, -0.15) is 0 Å². The van der Waals surface area contributed by atoms with Crippen LogP contribution in [0.3, 0.4) is 0 Å². The highest BCUT2D eigenvalue weighted by Crippen LogP contribution is 2.33. The minimum atomic E-state index is -0.343. The first-order valence-electron chi connectivity index (χ1n) is 9.30. The lowest BCUT2D eigenvalue weighted by molar-refractivity contribution is -0.140. The number of ether oxygens (including phenoxy) is 1. The monoisotopic (exact) mass is 370 g/mol. The number of hydrogen-bond donors (Lipinski definition) is 0. The number of carbonyl (C=O) groups excluding carboxylic acids is 1. The van der Waals surface area contributed by atoms with Crippen LogP contribution >= 0.6 is 0 Å². The smallest absolute Gasteiger partial charge is 0.253 e. The molecule has 1 spiro atoms. The Kier molecular flexibility index (Phi) is 5.13. The number of benzene rings is 1. The van der Waals surface area contributed by atoms with Gasteiger partial charge in [-0.25, -0.2) is 14.4 Å². The molecule has 7 heteroatoms. The molecule has 1 aromatic heterocycles. The van der Waals surface area contributed by atoms with Crippen LogP contribution in [0.4, 0.5) is 10.1 Å². The third-order valence-electron chi connectivity index (χ3n) is 5.40. The molecular formula is C20H23FN4O2. The zero-order valence-corrected chi connectivity index (χ0v) is 15.2. The molecule has 3 heterocycles. The van der Waals surface area contributed by atoms with Crippen molar-refractivity contribution in [3.05, 3.63) is 54.4 Å². The Morgan fingerprint density at radius 2 is 1.89 bits per heavy atom. The fourth-order valence-corrected chi connectivity index (χ4v) is 3.92. The normalized spacial score (nSPS) is 24.2. The fourth-order valence-electron chi connectivity index (χ4n) is 3.92. The Labute approximate surface area is 158 Å². The van der Waals surface area contributed by atoms with E-state index in [4.69, 9.17) is 4.74 Å². The van der Waals surface area contributed by atoms with Crippen LogP contribution in [0.2, 0.25) is 0 Å². The summed E-state index contributed by atoms with van der Waals surface area (Å²) in [7, 11) is 0. The predicted octanol–water partition coefficient (Wildman–Crippen LogP) is 2.40. The van der Waals surface area contributed by atoms with Crippen molar-refractivity contribution in [3.63, 3.8) is 0 Å². The van der Waals surface area contributed by atoms with E-state index in [9.17, 15) is 9.18 Å². The molecule has 2 aliphatic heterocycles. The minimum absolute atomic E-state index is 0.0733. The van der Waals surface area contributed by atoms with Gasteiger partial charge in [0.2, 0.25) is 0 Å². The number of amides is 1. The van der Waals surface area contributed by atoms with Crippen LogP contribution < -0.4 is 4.90 Å². The molecule has 142 valence electrons. The van der Waals surface area contributed by atoms with Crippen LogP contribution in [0.5, 0.6) is 0 Å². The number of nitrogens with zero attached hydrogens (tertiary/aromatic N) is 4. The number of halogens is 1. The van der Waals surface area contributed by atoms with Crippen molar-refractivity contribution in [1.29, 1.82) is 0 Å². The van der Waals surface area contributed by atoms with Gasteiger partial charge in [0.1, 0.15) is 18.8 Å². The largest absolute Gasteiger partial charge is 0.363 e. The first kappa shape index (κ1) is 18.0. The highest BCUT2D eigenvalue weighted by Gasteiger charge is 2.41. The maximum Gasteiger partial charge on any atom is 0.253 e. The number of carbonyl (C=O) groups is 1. The fraction of sp³-hybridized carbons (Fsp3) is 0.450. The Bertz CT molecular complexity index is 786. The lowest BCUT2D eigenvalue weighted by atomic mass is 9.92. The molecule has 27 heavy (non-hydrogen) atoms. The number of morpholine rings is 1. The SMILES string of the molecule is O=C1COC2(CCCN(Cc3cncnc3)CC2)CN1c1ccc(F)cc1. The zero-order chi connectivity index (χ0) is 18.7. The summed E-state index contributed by atoms with van der Waals surface area (Å²) < 4.78 is 19.3. The van der Waals surface area contributed by atoms with Gasteiger partial charge in [0.05, 0.1) is 12.1 Å². The molecule has 0 bridgehead atoms. The molecule has 0 radical (unpaired) electrons. The Hall–Kier alpha value is -2.38. The van der Waals surface area contributed by atoms with Crippen LogP contribution in [0.1, 0.15) is 24.8 Å².